The topological polar surface area (TPSA) is 118 Å². The molecule has 0 aromatic heterocycles. The number of fused-ring (bicyclic) bond motifs is 11. The summed E-state index contributed by atoms with van der Waals surface area (Å²) in [4.78, 5) is 22.4. The van der Waals surface area contributed by atoms with Crippen LogP contribution in [0.5, 0.6) is 34.5 Å². The molecule has 18 rings (SSSR count). The van der Waals surface area contributed by atoms with Gasteiger partial charge in [0.25, 0.3) is 5.69 Å². The fourth-order valence-corrected chi connectivity index (χ4v) is 16.7. The SMILES string of the molecule is Brc1ccc2c(c1)CCC2.CCN(CC)c1ccc2c(Oc3cc4c(cc3N=Nc3ccc([N+](=O)[O-])cc3)CCC4)cccc2c1.CCN(CC)c1ccc2c(Oc3ccc4c(c3)CCC4)cccc2c1.CCN(CC)c1ccc2c3c(ccc2c1)N=c1cc2c(cc1O3)=CCC2.Ic1ccc2c(c1)CCC2. The van der Waals surface area contributed by atoms with Crippen LogP contribution in [0.1, 0.15) is 124 Å². The van der Waals surface area contributed by atoms with Gasteiger partial charge in [-0.25, -0.2) is 4.99 Å². The quantitative estimate of drug-likeness (QED) is 0.0406. The first kappa shape index (κ1) is 74.0. The molecule has 0 spiro atoms. The molecule has 0 saturated heterocycles. The number of nitro groups is 1. The van der Waals surface area contributed by atoms with Crippen LogP contribution in [0.25, 0.3) is 38.4 Å². The zero-order valence-corrected chi connectivity index (χ0v) is 66.0. The Kier molecular flexibility index (Phi) is 23.7. The third-order valence-electron chi connectivity index (χ3n) is 21.6. The number of benzene rings is 12. The number of azo groups is 1. The highest BCUT2D eigenvalue weighted by molar-refractivity contribution is 14.1. The van der Waals surface area contributed by atoms with Gasteiger partial charge in [0, 0.05) is 92.7 Å². The molecule has 6 aliphatic rings. The number of halogens is 2. The Bertz CT molecular complexity index is 5360. The maximum absolute atomic E-state index is 10.9. The second kappa shape index (κ2) is 34.3. The van der Waals surface area contributed by atoms with E-state index < -0.39 is 4.92 Å². The second-order valence-corrected chi connectivity index (χ2v) is 30.2. The predicted octanol–water partition coefficient (Wildman–Crippen LogP) is 24.4. The average molecular weight is 1600 g/mol. The minimum atomic E-state index is -0.428. The summed E-state index contributed by atoms with van der Waals surface area (Å²) in [6.07, 6.45) is 19.1. The number of nitrogens with zero attached hydrogens (tertiary/aromatic N) is 7. The number of non-ortho nitro benzene ring substituents is 1. The predicted molar refractivity (Wildman–Crippen MR) is 454 cm³/mol. The number of rotatable bonds is 16. The van der Waals surface area contributed by atoms with Crippen LogP contribution in [0.3, 0.4) is 0 Å². The van der Waals surface area contributed by atoms with Crippen molar-refractivity contribution >= 4 is 117 Å². The first-order valence-electron chi connectivity index (χ1n) is 38.4. The van der Waals surface area contributed by atoms with E-state index >= 15 is 0 Å². The van der Waals surface area contributed by atoms with E-state index in [1.165, 1.54) is 150 Å². The van der Waals surface area contributed by atoms with Crippen molar-refractivity contribution < 1.29 is 19.1 Å². The molecule has 1 aliphatic heterocycles. The Morgan fingerprint density at radius 2 is 0.981 bits per heavy atom. The molecule has 0 unspecified atom stereocenters. The number of anilines is 3. The van der Waals surface area contributed by atoms with Crippen LogP contribution in [0.15, 0.2) is 226 Å². The van der Waals surface area contributed by atoms with E-state index in [9.17, 15) is 10.1 Å². The summed E-state index contributed by atoms with van der Waals surface area (Å²) in [7, 11) is 0. The van der Waals surface area contributed by atoms with Crippen LogP contribution in [0.4, 0.5) is 39.8 Å². The van der Waals surface area contributed by atoms with Gasteiger partial charge < -0.3 is 28.9 Å². The summed E-state index contributed by atoms with van der Waals surface area (Å²) in [6, 6.07) is 70.7. The minimum Gasteiger partial charge on any atom is -0.457 e. The van der Waals surface area contributed by atoms with Crippen molar-refractivity contribution in [3.8, 4) is 34.5 Å². The molecule has 14 heteroatoms. The molecule has 0 bridgehead atoms. The van der Waals surface area contributed by atoms with E-state index in [4.69, 9.17) is 19.2 Å². The zero-order chi connectivity index (χ0) is 73.9. The molecule has 0 N–H and O–H groups in total. The van der Waals surface area contributed by atoms with Gasteiger partial charge in [0.2, 0.25) is 0 Å². The van der Waals surface area contributed by atoms with Crippen LogP contribution >= 0.6 is 38.5 Å². The average Bonchev–Trinajstić information content (AvgIpc) is 1.63. The lowest BCUT2D eigenvalue weighted by Crippen LogP contribution is -2.21. The number of aryl methyl sites for hydroxylation is 9. The Balaban J connectivity index is 0.000000120. The summed E-state index contributed by atoms with van der Waals surface area (Å²) in [5, 5.41) is 28.9. The number of nitro benzene ring substituents is 1. The van der Waals surface area contributed by atoms with Crippen molar-refractivity contribution in [1.82, 2.24) is 0 Å². The zero-order valence-electron chi connectivity index (χ0n) is 62.3. The third-order valence-corrected chi connectivity index (χ3v) is 22.7. The van der Waals surface area contributed by atoms with E-state index in [1.54, 1.807) is 28.8 Å². The Hall–Kier alpha value is -9.90. The van der Waals surface area contributed by atoms with E-state index in [1.807, 2.05) is 12.1 Å². The van der Waals surface area contributed by atoms with E-state index in [0.29, 0.717) is 17.1 Å². The fraction of sp³-hybridized carbons (Fsp3) is 0.280. The summed E-state index contributed by atoms with van der Waals surface area (Å²) in [5.41, 5.74) is 18.9. The Labute approximate surface area is 651 Å². The molecule has 0 saturated carbocycles. The van der Waals surface area contributed by atoms with E-state index in [-0.39, 0.29) is 5.69 Å². The van der Waals surface area contributed by atoms with Crippen LogP contribution in [0.2, 0.25) is 0 Å². The minimum absolute atomic E-state index is 0.0237. The van der Waals surface area contributed by atoms with Gasteiger partial charge in [-0.15, -0.1) is 5.11 Å². The number of ether oxygens (including phenoxy) is 3. The molecule has 0 amide bonds. The molecule has 5 aliphatic carbocycles. The van der Waals surface area contributed by atoms with Gasteiger partial charge in [-0.3, -0.25) is 10.1 Å². The largest absolute Gasteiger partial charge is 0.457 e. The fourth-order valence-electron chi connectivity index (χ4n) is 15.8. The third kappa shape index (κ3) is 17.3. The normalized spacial score (nSPS) is 13.6. The lowest BCUT2D eigenvalue weighted by Gasteiger charge is -2.22. The highest BCUT2D eigenvalue weighted by atomic mass is 127. The molecule has 0 radical (unpaired) electrons. The highest BCUT2D eigenvalue weighted by Gasteiger charge is 2.22. The van der Waals surface area contributed by atoms with Gasteiger partial charge in [-0.2, -0.15) is 5.11 Å². The molecule has 0 atom stereocenters. The molecule has 544 valence electrons. The Morgan fingerprint density at radius 1 is 0.467 bits per heavy atom. The number of hydrogen-bond donors (Lipinski definition) is 0. The first-order valence-corrected chi connectivity index (χ1v) is 40.3. The summed E-state index contributed by atoms with van der Waals surface area (Å²) in [5.74, 6) is 5.04. The second-order valence-electron chi connectivity index (χ2n) is 28.1. The van der Waals surface area contributed by atoms with Crippen molar-refractivity contribution in [2.24, 2.45) is 15.2 Å². The van der Waals surface area contributed by atoms with Crippen molar-refractivity contribution in [2.75, 3.05) is 54.0 Å². The molecular weight excluding hydrogens is 1500 g/mol. The van der Waals surface area contributed by atoms with Crippen LogP contribution in [-0.2, 0) is 57.8 Å². The lowest BCUT2D eigenvalue weighted by atomic mass is 10.1. The molecule has 12 aromatic carbocycles. The maximum atomic E-state index is 10.9. The molecule has 0 fully saturated rings. The molecular formula is C93H93BrIN7O5. The maximum Gasteiger partial charge on any atom is 0.269 e. The van der Waals surface area contributed by atoms with Crippen LogP contribution in [0, 0.1) is 13.7 Å². The molecule has 1 heterocycles. The highest BCUT2D eigenvalue weighted by Crippen LogP contribution is 2.44. The van der Waals surface area contributed by atoms with Crippen molar-refractivity contribution in [2.45, 2.75) is 131 Å². The Morgan fingerprint density at radius 3 is 1.57 bits per heavy atom. The van der Waals surface area contributed by atoms with Crippen LogP contribution in [-0.4, -0.2) is 44.2 Å². The molecule has 12 nitrogen and oxygen atoms in total. The number of hydrogen-bond acceptors (Lipinski definition) is 11. The van der Waals surface area contributed by atoms with Crippen molar-refractivity contribution in [3.05, 3.63) is 285 Å². The van der Waals surface area contributed by atoms with E-state index in [2.05, 4.69) is 281 Å². The lowest BCUT2D eigenvalue weighted by molar-refractivity contribution is -0.384. The first-order chi connectivity index (χ1) is 52.3. The van der Waals surface area contributed by atoms with Gasteiger partial charge in [0.1, 0.15) is 34.0 Å². The van der Waals surface area contributed by atoms with Crippen molar-refractivity contribution in [1.29, 1.82) is 0 Å². The standard InChI is InChI=1S/C29H28N4O3.C23H22N2O.C23H25NO.C9H9Br.C9H9I/c1-3-32(4-2)25-15-16-26-22(17-25)9-6-10-28(26)36-29-19-21-8-5-7-20(21)18-27(29)31-30-23-11-13-24(14-12-23)33(34)35;1-3-25(4-2)18-9-10-19-17(12-18)8-11-20-23(19)26-22-14-16-7-5-6-15(16)13-21(22)24-20;1-3-24(4-2)20-12-14-22-19(15-20)9-6-10-23(22)25-21-13-11-17-7-5-8-18(17)16-21;2*10-9-5-4-7-2-1-3-8(7)6-9/h6,9-19H,3-5,7-8H2,1-2H3;7-14H,3-6H2,1-2H3;6,9-16H,3-5,7-8H2,1-2H3;2*4-6H,1-3H2. The summed E-state index contributed by atoms with van der Waals surface area (Å²) < 4.78 is 21.7. The van der Waals surface area contributed by atoms with E-state index in [0.717, 1.165) is 127 Å². The van der Waals surface area contributed by atoms with Crippen LogP contribution < -0.4 is 39.5 Å². The van der Waals surface area contributed by atoms with Gasteiger partial charge in [-0.05, 0) is 371 Å². The monoisotopic (exact) mass is 1590 g/mol. The van der Waals surface area contributed by atoms with Gasteiger partial charge in [0.15, 0.2) is 17.2 Å². The summed E-state index contributed by atoms with van der Waals surface area (Å²) >= 11 is 5.84. The smallest absolute Gasteiger partial charge is 0.269 e. The van der Waals surface area contributed by atoms with Gasteiger partial charge in [-0.1, -0.05) is 70.5 Å². The van der Waals surface area contributed by atoms with Gasteiger partial charge in [0.05, 0.1) is 10.6 Å². The summed E-state index contributed by atoms with van der Waals surface area (Å²) in [6.45, 7) is 19.1. The van der Waals surface area contributed by atoms with Crippen molar-refractivity contribution in [3.63, 3.8) is 0 Å². The molecule has 12 aromatic rings. The van der Waals surface area contributed by atoms with Gasteiger partial charge >= 0.3 is 0 Å². The molecule has 107 heavy (non-hydrogen) atoms.